The van der Waals surface area contributed by atoms with E-state index in [0.29, 0.717) is 28.8 Å². The highest BCUT2D eigenvalue weighted by molar-refractivity contribution is 6.42. The molecule has 1 unspecified atom stereocenters. The average Bonchev–Trinajstić information content (AvgIpc) is 2.65. The van der Waals surface area contributed by atoms with E-state index >= 15 is 0 Å². The zero-order chi connectivity index (χ0) is 17.8. The average molecular weight is 379 g/mol. The summed E-state index contributed by atoms with van der Waals surface area (Å²) in [4.78, 5) is 14.1. The van der Waals surface area contributed by atoms with Gasteiger partial charge in [-0.2, -0.15) is 0 Å². The van der Waals surface area contributed by atoms with Gasteiger partial charge in [0.05, 0.1) is 16.1 Å². The van der Waals surface area contributed by atoms with Crippen LogP contribution in [0.15, 0.2) is 48.5 Å². The van der Waals surface area contributed by atoms with Crippen LogP contribution < -0.4 is 5.32 Å². The highest BCUT2D eigenvalue weighted by atomic mass is 35.5. The van der Waals surface area contributed by atoms with Crippen LogP contribution in [0, 0.1) is 5.92 Å². The van der Waals surface area contributed by atoms with Gasteiger partial charge in [0.25, 0.3) is 0 Å². The molecule has 1 aliphatic rings. The van der Waals surface area contributed by atoms with E-state index in [2.05, 4.69) is 5.32 Å². The van der Waals surface area contributed by atoms with Crippen molar-refractivity contribution in [2.75, 3.05) is 18.4 Å². The molecular formula is C19H20Cl2N2O2. The zero-order valence-electron chi connectivity index (χ0n) is 13.7. The number of carbonyl (C=O) groups excluding carboxylic acids is 1. The van der Waals surface area contributed by atoms with Crippen molar-refractivity contribution in [3.63, 3.8) is 0 Å². The maximum absolute atomic E-state index is 12.4. The van der Waals surface area contributed by atoms with Crippen LogP contribution in [0.25, 0.3) is 0 Å². The van der Waals surface area contributed by atoms with E-state index in [1.807, 2.05) is 30.3 Å². The number of piperidine rings is 1. The molecule has 0 aromatic heterocycles. The van der Waals surface area contributed by atoms with Gasteiger partial charge in [-0.3, -0.25) is 0 Å². The van der Waals surface area contributed by atoms with Crippen LogP contribution >= 0.6 is 23.2 Å². The number of nitrogens with zero attached hydrogens (tertiary/aromatic N) is 1. The van der Waals surface area contributed by atoms with Gasteiger partial charge in [0.15, 0.2) is 0 Å². The van der Waals surface area contributed by atoms with Gasteiger partial charge in [0.1, 0.15) is 0 Å². The summed E-state index contributed by atoms with van der Waals surface area (Å²) < 4.78 is 0. The Labute approximate surface area is 157 Å². The van der Waals surface area contributed by atoms with E-state index in [-0.39, 0.29) is 11.9 Å². The van der Waals surface area contributed by atoms with Crippen molar-refractivity contribution in [2.45, 2.75) is 18.9 Å². The lowest BCUT2D eigenvalue weighted by atomic mass is 9.87. The number of hydrogen-bond acceptors (Lipinski definition) is 2. The topological polar surface area (TPSA) is 52.6 Å². The van der Waals surface area contributed by atoms with Gasteiger partial charge < -0.3 is 15.3 Å². The molecule has 0 aliphatic carbocycles. The van der Waals surface area contributed by atoms with E-state index < -0.39 is 6.10 Å². The highest BCUT2D eigenvalue weighted by Gasteiger charge is 2.28. The van der Waals surface area contributed by atoms with Gasteiger partial charge in [-0.1, -0.05) is 53.5 Å². The van der Waals surface area contributed by atoms with Crippen LogP contribution in [0.5, 0.6) is 0 Å². The molecule has 1 fully saturated rings. The molecule has 3 rings (SSSR count). The Bertz CT molecular complexity index is 731. The lowest BCUT2D eigenvalue weighted by Gasteiger charge is -2.34. The largest absolute Gasteiger partial charge is 0.388 e. The van der Waals surface area contributed by atoms with Crippen LogP contribution in [0.2, 0.25) is 10.0 Å². The number of urea groups is 1. The first-order valence-corrected chi connectivity index (χ1v) is 9.04. The zero-order valence-corrected chi connectivity index (χ0v) is 15.2. The van der Waals surface area contributed by atoms with Crippen molar-refractivity contribution in [3.8, 4) is 0 Å². The van der Waals surface area contributed by atoms with E-state index in [4.69, 9.17) is 23.2 Å². The summed E-state index contributed by atoms with van der Waals surface area (Å²) in [5.41, 5.74) is 1.55. The molecule has 0 bridgehead atoms. The number of halogens is 2. The minimum absolute atomic E-state index is 0.161. The van der Waals surface area contributed by atoms with E-state index in [1.54, 1.807) is 23.1 Å². The van der Waals surface area contributed by atoms with Crippen molar-refractivity contribution < 1.29 is 9.90 Å². The molecule has 6 heteroatoms. The number of anilines is 1. The van der Waals surface area contributed by atoms with Crippen molar-refractivity contribution in [1.29, 1.82) is 0 Å². The predicted molar refractivity (Wildman–Crippen MR) is 101 cm³/mol. The first-order chi connectivity index (χ1) is 12.0. The van der Waals surface area contributed by atoms with Crippen LogP contribution in [-0.4, -0.2) is 29.1 Å². The van der Waals surface area contributed by atoms with Gasteiger partial charge in [0, 0.05) is 18.8 Å². The normalized spacial score (nSPS) is 16.5. The lowest BCUT2D eigenvalue weighted by Crippen LogP contribution is -2.42. The fourth-order valence-electron chi connectivity index (χ4n) is 3.12. The number of amides is 2. The number of aliphatic hydroxyl groups excluding tert-OH is 1. The number of carbonyl (C=O) groups is 1. The van der Waals surface area contributed by atoms with E-state index in [0.717, 1.165) is 18.4 Å². The van der Waals surface area contributed by atoms with Crippen LogP contribution in [0.4, 0.5) is 10.5 Å². The molecule has 2 aromatic carbocycles. The Hall–Kier alpha value is -1.75. The minimum Gasteiger partial charge on any atom is -0.388 e. The van der Waals surface area contributed by atoms with Gasteiger partial charge >= 0.3 is 6.03 Å². The third kappa shape index (κ3) is 4.46. The quantitative estimate of drug-likeness (QED) is 0.791. The van der Waals surface area contributed by atoms with Crippen LogP contribution in [0.3, 0.4) is 0 Å². The summed E-state index contributed by atoms with van der Waals surface area (Å²) in [6.07, 6.45) is 1.05. The van der Waals surface area contributed by atoms with E-state index in [1.165, 1.54) is 0 Å². The number of hydrogen-bond donors (Lipinski definition) is 2. The maximum Gasteiger partial charge on any atom is 0.321 e. The third-order valence-electron chi connectivity index (χ3n) is 4.59. The molecule has 0 saturated carbocycles. The summed E-state index contributed by atoms with van der Waals surface area (Å²) >= 11 is 11.9. The summed E-state index contributed by atoms with van der Waals surface area (Å²) in [6, 6.07) is 14.5. The fraction of sp³-hybridized carbons (Fsp3) is 0.316. The first-order valence-electron chi connectivity index (χ1n) is 8.28. The first kappa shape index (κ1) is 18.1. The number of rotatable bonds is 3. The molecule has 25 heavy (non-hydrogen) atoms. The van der Waals surface area contributed by atoms with Crippen molar-refractivity contribution in [2.24, 2.45) is 5.92 Å². The number of nitrogens with one attached hydrogen (secondary N) is 1. The molecule has 2 aromatic rings. The SMILES string of the molecule is O=C(Nc1ccc(Cl)c(Cl)c1)N1CCC(C(O)c2ccccc2)CC1. The summed E-state index contributed by atoms with van der Waals surface area (Å²) in [5.74, 6) is 0.163. The molecule has 132 valence electrons. The molecule has 4 nitrogen and oxygen atoms in total. The molecule has 2 N–H and O–H groups in total. The summed E-state index contributed by atoms with van der Waals surface area (Å²) in [6.45, 7) is 1.23. The summed E-state index contributed by atoms with van der Waals surface area (Å²) in [7, 11) is 0. The Morgan fingerprint density at radius 2 is 1.76 bits per heavy atom. The highest BCUT2D eigenvalue weighted by Crippen LogP contribution is 2.31. The second kappa shape index (κ2) is 8.09. The number of likely N-dealkylation sites (tertiary alicyclic amines) is 1. The monoisotopic (exact) mass is 378 g/mol. The summed E-state index contributed by atoms with van der Waals surface area (Å²) in [5, 5.41) is 14.2. The molecule has 1 aliphatic heterocycles. The Kier molecular flexibility index (Phi) is 5.84. The van der Waals surface area contributed by atoms with Gasteiger partial charge in [-0.05, 0) is 42.5 Å². The van der Waals surface area contributed by atoms with Gasteiger partial charge in [0.2, 0.25) is 0 Å². The predicted octanol–water partition coefficient (Wildman–Crippen LogP) is 4.97. The molecule has 1 saturated heterocycles. The molecular weight excluding hydrogens is 359 g/mol. The van der Waals surface area contributed by atoms with Crippen LogP contribution in [-0.2, 0) is 0 Å². The molecule has 0 radical (unpaired) electrons. The fourth-order valence-corrected chi connectivity index (χ4v) is 3.42. The lowest BCUT2D eigenvalue weighted by molar-refractivity contribution is 0.0683. The molecule has 1 atom stereocenters. The Morgan fingerprint density at radius 3 is 2.40 bits per heavy atom. The van der Waals surface area contributed by atoms with Crippen molar-refractivity contribution >= 4 is 34.9 Å². The third-order valence-corrected chi connectivity index (χ3v) is 5.32. The number of benzene rings is 2. The Morgan fingerprint density at radius 1 is 1.08 bits per heavy atom. The van der Waals surface area contributed by atoms with Gasteiger partial charge in [-0.25, -0.2) is 4.79 Å². The van der Waals surface area contributed by atoms with Crippen molar-refractivity contribution in [3.05, 3.63) is 64.1 Å². The van der Waals surface area contributed by atoms with Gasteiger partial charge in [-0.15, -0.1) is 0 Å². The maximum atomic E-state index is 12.4. The Balaban J connectivity index is 1.54. The smallest absolute Gasteiger partial charge is 0.321 e. The molecule has 1 heterocycles. The second-order valence-electron chi connectivity index (χ2n) is 6.24. The number of aliphatic hydroxyl groups is 1. The minimum atomic E-state index is -0.485. The van der Waals surface area contributed by atoms with E-state index in [9.17, 15) is 9.90 Å². The molecule has 0 spiro atoms. The second-order valence-corrected chi connectivity index (χ2v) is 7.05. The standard InChI is InChI=1S/C19H20Cl2N2O2/c20-16-7-6-15(12-17(16)21)22-19(25)23-10-8-14(9-11-23)18(24)13-4-2-1-3-5-13/h1-7,12,14,18,24H,8-11H2,(H,22,25). The van der Waals surface area contributed by atoms with Crippen LogP contribution in [0.1, 0.15) is 24.5 Å². The molecule has 2 amide bonds. The van der Waals surface area contributed by atoms with Crippen molar-refractivity contribution in [1.82, 2.24) is 4.90 Å².